The number of halogens is 2. The summed E-state index contributed by atoms with van der Waals surface area (Å²) in [4.78, 5) is 0. The predicted molar refractivity (Wildman–Crippen MR) is 105 cm³/mol. The summed E-state index contributed by atoms with van der Waals surface area (Å²) in [7, 11) is 0. The van der Waals surface area contributed by atoms with Crippen LogP contribution in [0.4, 0.5) is 8.78 Å². The zero-order valence-corrected chi connectivity index (χ0v) is 15.2. The first-order valence-electron chi connectivity index (χ1n) is 9.42. The van der Waals surface area contributed by atoms with Crippen LogP contribution in [-0.4, -0.2) is 0 Å². The van der Waals surface area contributed by atoms with E-state index in [1.807, 2.05) is 6.08 Å². The zero-order chi connectivity index (χ0) is 18.5. The van der Waals surface area contributed by atoms with Crippen molar-refractivity contribution in [1.29, 1.82) is 0 Å². The number of hydrogen-bond donors (Lipinski definition) is 0. The van der Waals surface area contributed by atoms with Crippen LogP contribution in [0.1, 0.15) is 53.0 Å². The van der Waals surface area contributed by atoms with E-state index >= 15 is 0 Å². The van der Waals surface area contributed by atoms with E-state index in [2.05, 4.69) is 31.4 Å². The van der Waals surface area contributed by atoms with Gasteiger partial charge in [0.15, 0.2) is 0 Å². The summed E-state index contributed by atoms with van der Waals surface area (Å²) < 4.78 is 29.3. The van der Waals surface area contributed by atoms with E-state index in [1.165, 1.54) is 28.8 Å². The first kappa shape index (κ1) is 18.6. The summed E-state index contributed by atoms with van der Waals surface area (Å²) in [5, 5.41) is 0. The van der Waals surface area contributed by atoms with Crippen molar-refractivity contribution in [1.82, 2.24) is 0 Å². The van der Waals surface area contributed by atoms with Gasteiger partial charge in [0.1, 0.15) is 11.6 Å². The normalized spacial score (nSPS) is 16.2. The molecule has 0 spiro atoms. The Morgan fingerprint density at radius 1 is 0.885 bits per heavy atom. The zero-order valence-electron chi connectivity index (χ0n) is 15.2. The summed E-state index contributed by atoms with van der Waals surface area (Å²) >= 11 is 0. The van der Waals surface area contributed by atoms with Gasteiger partial charge in [-0.3, -0.25) is 0 Å². The highest BCUT2D eigenvalue weighted by Crippen LogP contribution is 2.36. The molecule has 1 aliphatic carbocycles. The van der Waals surface area contributed by atoms with Crippen LogP contribution in [-0.2, 0) is 25.7 Å². The van der Waals surface area contributed by atoms with Crippen LogP contribution in [0.5, 0.6) is 0 Å². The van der Waals surface area contributed by atoms with E-state index < -0.39 is 11.6 Å². The molecule has 0 nitrogen and oxygen atoms in total. The summed E-state index contributed by atoms with van der Waals surface area (Å²) in [6, 6.07) is 9.51. The third kappa shape index (κ3) is 4.12. The molecule has 0 bridgehead atoms. The third-order valence-corrected chi connectivity index (χ3v) is 5.32. The summed E-state index contributed by atoms with van der Waals surface area (Å²) in [6.07, 6.45) is 9.38. The van der Waals surface area contributed by atoms with E-state index in [-0.39, 0.29) is 11.5 Å². The molecule has 1 aliphatic rings. The number of benzene rings is 2. The molecule has 26 heavy (non-hydrogen) atoms. The summed E-state index contributed by atoms with van der Waals surface area (Å²) in [5.74, 6) is -0.893. The molecule has 0 N–H and O–H groups in total. The Bertz CT molecular complexity index is 781. The molecule has 0 saturated carbocycles. The van der Waals surface area contributed by atoms with Crippen molar-refractivity contribution in [3.8, 4) is 0 Å². The van der Waals surface area contributed by atoms with Crippen molar-refractivity contribution in [2.24, 2.45) is 0 Å². The highest BCUT2D eigenvalue weighted by atomic mass is 19.1. The fourth-order valence-corrected chi connectivity index (χ4v) is 3.92. The fraction of sp³-hybridized carbons (Fsp3) is 0.333. The van der Waals surface area contributed by atoms with Gasteiger partial charge in [0, 0.05) is 5.56 Å². The highest BCUT2D eigenvalue weighted by Gasteiger charge is 2.26. The van der Waals surface area contributed by atoms with Crippen LogP contribution < -0.4 is 0 Å². The average Bonchev–Trinajstić information content (AvgIpc) is 2.64. The van der Waals surface area contributed by atoms with Crippen molar-refractivity contribution in [2.75, 3.05) is 0 Å². The molecule has 0 heterocycles. The second-order valence-corrected chi connectivity index (χ2v) is 7.17. The number of rotatable bonds is 7. The van der Waals surface area contributed by atoms with Crippen LogP contribution in [0.2, 0.25) is 0 Å². The number of aryl methyl sites for hydroxylation is 3. The second kappa shape index (κ2) is 8.44. The first-order chi connectivity index (χ1) is 12.6. The molecule has 1 atom stereocenters. The molecule has 0 aromatic heterocycles. The maximum atomic E-state index is 14.6. The maximum Gasteiger partial charge on any atom is 0.129 e. The van der Waals surface area contributed by atoms with E-state index in [9.17, 15) is 8.78 Å². The van der Waals surface area contributed by atoms with Gasteiger partial charge in [-0.25, -0.2) is 8.78 Å². The Hall–Kier alpha value is -2.22. The molecule has 0 radical (unpaired) electrons. The molecule has 0 saturated heterocycles. The molecule has 136 valence electrons. The van der Waals surface area contributed by atoms with Crippen molar-refractivity contribution in [2.45, 2.75) is 50.9 Å². The molecular formula is C24H26F2. The van der Waals surface area contributed by atoms with Crippen LogP contribution in [0.15, 0.2) is 55.6 Å². The molecule has 0 amide bonds. The fourth-order valence-electron chi connectivity index (χ4n) is 3.92. The minimum Gasteiger partial charge on any atom is -0.207 e. The summed E-state index contributed by atoms with van der Waals surface area (Å²) in [6.45, 7) is 7.43. The lowest BCUT2D eigenvalue weighted by Crippen LogP contribution is -2.16. The van der Waals surface area contributed by atoms with Crippen molar-refractivity contribution in [3.05, 3.63) is 95.1 Å². The Kier molecular flexibility index (Phi) is 6.03. The van der Waals surface area contributed by atoms with Gasteiger partial charge < -0.3 is 0 Å². The molecular weight excluding hydrogens is 326 g/mol. The van der Waals surface area contributed by atoms with Crippen LogP contribution in [0.25, 0.3) is 0 Å². The van der Waals surface area contributed by atoms with Crippen molar-refractivity contribution in [3.63, 3.8) is 0 Å². The number of fused-ring (bicyclic) bond motifs is 1. The minimum atomic E-state index is -0.403. The average molecular weight is 352 g/mol. The quantitative estimate of drug-likeness (QED) is 0.501. The minimum absolute atomic E-state index is 0.0880. The highest BCUT2D eigenvalue weighted by molar-refractivity contribution is 5.38. The number of hydrogen-bond acceptors (Lipinski definition) is 0. The van der Waals surface area contributed by atoms with Gasteiger partial charge in [-0.1, -0.05) is 30.4 Å². The SMILES string of the molecule is C=CCCc1cc(F)c(C2CCc3cc(CCC=C)ccc3C2)c(F)c1. The predicted octanol–water partition coefficient (Wildman–Crippen LogP) is 6.47. The first-order valence-corrected chi connectivity index (χ1v) is 9.42. The van der Waals surface area contributed by atoms with Gasteiger partial charge in [0.2, 0.25) is 0 Å². The number of allylic oxidation sites excluding steroid dienone is 2. The van der Waals surface area contributed by atoms with Gasteiger partial charge in [0.25, 0.3) is 0 Å². The van der Waals surface area contributed by atoms with Crippen LogP contribution in [0, 0.1) is 11.6 Å². The van der Waals surface area contributed by atoms with Crippen LogP contribution >= 0.6 is 0 Å². The Morgan fingerprint density at radius 3 is 2.19 bits per heavy atom. The molecule has 2 aromatic rings. The smallest absolute Gasteiger partial charge is 0.129 e. The molecule has 2 aromatic carbocycles. The Morgan fingerprint density at radius 2 is 1.54 bits per heavy atom. The Balaban J connectivity index is 1.80. The molecule has 0 fully saturated rings. The molecule has 3 rings (SSSR count). The van der Waals surface area contributed by atoms with E-state index in [0.29, 0.717) is 18.4 Å². The van der Waals surface area contributed by atoms with Gasteiger partial charge >= 0.3 is 0 Å². The summed E-state index contributed by atoms with van der Waals surface area (Å²) in [5.41, 5.74) is 4.82. The second-order valence-electron chi connectivity index (χ2n) is 7.17. The van der Waals surface area contributed by atoms with E-state index in [0.717, 1.165) is 32.1 Å². The van der Waals surface area contributed by atoms with E-state index in [1.54, 1.807) is 6.08 Å². The van der Waals surface area contributed by atoms with Crippen LogP contribution in [0.3, 0.4) is 0 Å². The monoisotopic (exact) mass is 352 g/mol. The lowest BCUT2D eigenvalue weighted by Gasteiger charge is -2.26. The molecule has 1 unspecified atom stereocenters. The third-order valence-electron chi connectivity index (χ3n) is 5.32. The Labute approximate surface area is 155 Å². The van der Waals surface area contributed by atoms with Gasteiger partial charge in [-0.05, 0) is 85.3 Å². The lowest BCUT2D eigenvalue weighted by atomic mass is 9.79. The van der Waals surface area contributed by atoms with Gasteiger partial charge in [0.05, 0.1) is 0 Å². The maximum absolute atomic E-state index is 14.6. The largest absolute Gasteiger partial charge is 0.207 e. The molecule has 0 aliphatic heterocycles. The van der Waals surface area contributed by atoms with E-state index in [4.69, 9.17) is 0 Å². The van der Waals surface area contributed by atoms with Gasteiger partial charge in [-0.2, -0.15) is 0 Å². The van der Waals surface area contributed by atoms with Gasteiger partial charge in [-0.15, -0.1) is 13.2 Å². The molecule has 2 heteroatoms. The van der Waals surface area contributed by atoms with Crippen molar-refractivity contribution < 1.29 is 8.78 Å². The lowest BCUT2D eigenvalue weighted by molar-refractivity contribution is 0.489. The topological polar surface area (TPSA) is 0 Å². The van der Waals surface area contributed by atoms with Crippen molar-refractivity contribution >= 4 is 0 Å². The standard InChI is InChI=1S/C24H26F2/c1-3-5-7-17-9-10-20-16-21(12-11-19(20)13-17)24-22(25)14-18(8-6-4-2)15-23(24)26/h3-4,9-10,13-15,21H,1-2,5-8,11-12,16H2.